The van der Waals surface area contributed by atoms with E-state index in [4.69, 9.17) is 10.5 Å². The van der Waals surface area contributed by atoms with E-state index in [0.717, 1.165) is 25.7 Å². The fourth-order valence-corrected chi connectivity index (χ4v) is 2.33. The number of anilines is 2. The summed E-state index contributed by atoms with van der Waals surface area (Å²) in [6.07, 6.45) is 3.85. The van der Waals surface area contributed by atoms with Crippen molar-refractivity contribution in [1.82, 2.24) is 9.97 Å². The molecule has 0 radical (unpaired) electrons. The zero-order valence-electron chi connectivity index (χ0n) is 11.4. The zero-order valence-corrected chi connectivity index (χ0v) is 11.4. The van der Waals surface area contributed by atoms with E-state index in [1.165, 1.54) is 0 Å². The van der Waals surface area contributed by atoms with E-state index < -0.39 is 5.60 Å². The van der Waals surface area contributed by atoms with Crippen LogP contribution in [0.2, 0.25) is 0 Å². The van der Waals surface area contributed by atoms with Crippen molar-refractivity contribution in [3.63, 3.8) is 0 Å². The van der Waals surface area contributed by atoms with Crippen molar-refractivity contribution in [3.8, 4) is 0 Å². The van der Waals surface area contributed by atoms with Gasteiger partial charge in [-0.1, -0.05) is 12.8 Å². The first-order chi connectivity index (χ1) is 9.11. The lowest BCUT2D eigenvalue weighted by Crippen LogP contribution is -2.33. The quantitative estimate of drug-likeness (QED) is 0.719. The van der Waals surface area contributed by atoms with Gasteiger partial charge in [0.2, 0.25) is 0 Å². The monoisotopic (exact) mass is 266 g/mol. The van der Waals surface area contributed by atoms with E-state index in [1.807, 2.05) is 6.92 Å². The minimum Gasteiger partial charge on any atom is -0.388 e. The maximum absolute atomic E-state index is 10.3. The van der Waals surface area contributed by atoms with Crippen LogP contribution in [0.25, 0.3) is 0 Å². The molecule has 0 saturated heterocycles. The predicted octanol–water partition coefficient (Wildman–Crippen LogP) is 1.31. The molecule has 1 aromatic heterocycles. The van der Waals surface area contributed by atoms with Crippen LogP contribution in [0, 0.1) is 0 Å². The van der Waals surface area contributed by atoms with E-state index in [2.05, 4.69) is 15.3 Å². The van der Waals surface area contributed by atoms with Crippen molar-refractivity contribution in [2.24, 2.45) is 0 Å². The summed E-state index contributed by atoms with van der Waals surface area (Å²) in [7, 11) is 0. The lowest BCUT2D eigenvalue weighted by Gasteiger charge is -2.22. The van der Waals surface area contributed by atoms with Gasteiger partial charge in [0, 0.05) is 19.2 Å². The number of nitrogens with two attached hydrogens (primary N) is 1. The number of hydrogen-bond donors (Lipinski definition) is 3. The van der Waals surface area contributed by atoms with Crippen molar-refractivity contribution in [1.29, 1.82) is 0 Å². The van der Waals surface area contributed by atoms with E-state index >= 15 is 0 Å². The SMILES string of the molecule is CCOCc1nc(N)cc(NCC2(O)CCCC2)n1. The molecule has 1 heterocycles. The molecule has 6 nitrogen and oxygen atoms in total. The Kier molecular flexibility index (Phi) is 4.55. The summed E-state index contributed by atoms with van der Waals surface area (Å²) in [5.41, 5.74) is 5.13. The van der Waals surface area contributed by atoms with Gasteiger partial charge in [-0.05, 0) is 19.8 Å². The minimum absolute atomic E-state index is 0.348. The molecule has 106 valence electrons. The van der Waals surface area contributed by atoms with Gasteiger partial charge < -0.3 is 20.9 Å². The molecule has 0 aliphatic heterocycles. The topological polar surface area (TPSA) is 93.3 Å². The van der Waals surface area contributed by atoms with Crippen LogP contribution < -0.4 is 11.1 Å². The third-order valence-electron chi connectivity index (χ3n) is 3.36. The second-order valence-corrected chi connectivity index (χ2v) is 5.02. The Morgan fingerprint density at radius 2 is 2.16 bits per heavy atom. The number of hydrogen-bond acceptors (Lipinski definition) is 6. The van der Waals surface area contributed by atoms with Gasteiger partial charge in [-0.3, -0.25) is 0 Å². The highest BCUT2D eigenvalue weighted by molar-refractivity contribution is 5.44. The first kappa shape index (κ1) is 14.0. The summed E-state index contributed by atoms with van der Waals surface area (Å²) in [5.74, 6) is 1.61. The Morgan fingerprint density at radius 1 is 1.42 bits per heavy atom. The molecule has 4 N–H and O–H groups in total. The third-order valence-corrected chi connectivity index (χ3v) is 3.36. The van der Waals surface area contributed by atoms with Crippen LogP contribution >= 0.6 is 0 Å². The molecule has 1 fully saturated rings. The second kappa shape index (κ2) is 6.16. The molecule has 2 rings (SSSR count). The standard InChI is InChI=1S/C13H22N4O2/c1-2-19-8-12-16-10(14)7-11(17-12)15-9-13(18)5-3-4-6-13/h7,18H,2-6,8-9H2,1H3,(H3,14,15,16,17). The number of ether oxygens (including phenoxy) is 1. The first-order valence-electron chi connectivity index (χ1n) is 6.79. The lowest BCUT2D eigenvalue weighted by atomic mass is 10.0. The van der Waals surface area contributed by atoms with Gasteiger partial charge in [-0.25, -0.2) is 9.97 Å². The van der Waals surface area contributed by atoms with E-state index in [9.17, 15) is 5.11 Å². The number of nitrogens with one attached hydrogen (secondary N) is 1. The molecule has 0 atom stereocenters. The van der Waals surface area contributed by atoms with Crippen LogP contribution in [0.4, 0.5) is 11.6 Å². The van der Waals surface area contributed by atoms with Gasteiger partial charge in [-0.2, -0.15) is 0 Å². The van der Waals surface area contributed by atoms with Crippen molar-refractivity contribution in [2.75, 3.05) is 24.2 Å². The van der Waals surface area contributed by atoms with Crippen molar-refractivity contribution >= 4 is 11.6 Å². The van der Waals surface area contributed by atoms with Gasteiger partial charge >= 0.3 is 0 Å². The van der Waals surface area contributed by atoms with Crippen LogP contribution in [0.5, 0.6) is 0 Å². The van der Waals surface area contributed by atoms with Crippen LogP contribution in [0.3, 0.4) is 0 Å². The molecule has 0 spiro atoms. The molecule has 0 amide bonds. The maximum Gasteiger partial charge on any atom is 0.158 e. The second-order valence-electron chi connectivity index (χ2n) is 5.02. The normalized spacial score (nSPS) is 17.6. The van der Waals surface area contributed by atoms with Crippen LogP contribution in [0.15, 0.2) is 6.07 Å². The molecule has 6 heteroatoms. The highest BCUT2D eigenvalue weighted by atomic mass is 16.5. The predicted molar refractivity (Wildman–Crippen MR) is 73.7 cm³/mol. The average molecular weight is 266 g/mol. The molecular formula is C13H22N4O2. The Balaban J connectivity index is 1.97. The van der Waals surface area contributed by atoms with Gasteiger partial charge in [-0.15, -0.1) is 0 Å². The Bertz CT molecular complexity index is 419. The van der Waals surface area contributed by atoms with Gasteiger partial charge in [0.1, 0.15) is 18.2 Å². The number of aromatic nitrogens is 2. The molecule has 1 aliphatic carbocycles. The zero-order chi connectivity index (χ0) is 13.7. The summed E-state index contributed by atoms with van der Waals surface area (Å²) < 4.78 is 5.27. The fourth-order valence-electron chi connectivity index (χ4n) is 2.33. The van der Waals surface area contributed by atoms with E-state index in [1.54, 1.807) is 6.07 Å². The van der Waals surface area contributed by atoms with E-state index in [0.29, 0.717) is 37.2 Å². The first-order valence-corrected chi connectivity index (χ1v) is 6.79. The van der Waals surface area contributed by atoms with Crippen molar-refractivity contribution in [3.05, 3.63) is 11.9 Å². The van der Waals surface area contributed by atoms with Gasteiger partial charge in [0.05, 0.1) is 5.60 Å². The smallest absolute Gasteiger partial charge is 0.158 e. The lowest BCUT2D eigenvalue weighted by molar-refractivity contribution is 0.0613. The molecule has 0 aromatic carbocycles. The van der Waals surface area contributed by atoms with Gasteiger partial charge in [0.25, 0.3) is 0 Å². The summed E-state index contributed by atoms with van der Waals surface area (Å²) >= 11 is 0. The fraction of sp³-hybridized carbons (Fsp3) is 0.692. The molecule has 0 bridgehead atoms. The summed E-state index contributed by atoms with van der Waals surface area (Å²) in [6, 6.07) is 1.67. The molecule has 1 aromatic rings. The third kappa shape index (κ3) is 4.04. The number of rotatable bonds is 6. The number of nitrogens with zero attached hydrogens (tertiary/aromatic N) is 2. The van der Waals surface area contributed by atoms with Gasteiger partial charge in [0.15, 0.2) is 5.82 Å². The highest BCUT2D eigenvalue weighted by Gasteiger charge is 2.30. The minimum atomic E-state index is -0.611. The summed E-state index contributed by atoms with van der Waals surface area (Å²) in [4.78, 5) is 8.43. The molecule has 1 aliphatic rings. The van der Waals surface area contributed by atoms with Crippen LogP contribution in [-0.4, -0.2) is 33.8 Å². The van der Waals surface area contributed by atoms with Crippen LogP contribution in [0.1, 0.15) is 38.4 Å². The van der Waals surface area contributed by atoms with Crippen molar-refractivity contribution < 1.29 is 9.84 Å². The Morgan fingerprint density at radius 3 is 2.84 bits per heavy atom. The highest BCUT2D eigenvalue weighted by Crippen LogP contribution is 2.29. The summed E-state index contributed by atoms with van der Waals surface area (Å²) in [5, 5.41) is 13.4. The Labute approximate surface area is 113 Å². The molecule has 0 unspecified atom stereocenters. The summed E-state index contributed by atoms with van der Waals surface area (Å²) in [6.45, 7) is 3.37. The van der Waals surface area contributed by atoms with E-state index in [-0.39, 0.29) is 0 Å². The molecule has 1 saturated carbocycles. The molecule has 19 heavy (non-hydrogen) atoms. The van der Waals surface area contributed by atoms with Crippen LogP contribution in [-0.2, 0) is 11.3 Å². The number of aliphatic hydroxyl groups is 1. The largest absolute Gasteiger partial charge is 0.388 e. The van der Waals surface area contributed by atoms with Crippen molar-refractivity contribution in [2.45, 2.75) is 44.8 Å². The molecular weight excluding hydrogens is 244 g/mol. The average Bonchev–Trinajstić information content (AvgIpc) is 2.81. The Hall–Kier alpha value is -1.40. The maximum atomic E-state index is 10.3. The number of nitrogen functional groups attached to an aromatic ring is 1.